The predicted molar refractivity (Wildman–Crippen MR) is 92.0 cm³/mol. The minimum absolute atomic E-state index is 0.129. The van der Waals surface area contributed by atoms with Gasteiger partial charge >= 0.3 is 15.5 Å². The van der Waals surface area contributed by atoms with Crippen LogP contribution in [0.25, 0.3) is 0 Å². The van der Waals surface area contributed by atoms with E-state index in [0.29, 0.717) is 23.4 Å². The number of nitrogens with one attached hydrogen (secondary N) is 2. The summed E-state index contributed by atoms with van der Waals surface area (Å²) in [5, 5.41) is 16.1. The number of aliphatic imine (C=N–C) groups is 1. The Balaban J connectivity index is 1.89. The molecule has 1 saturated carbocycles. The molecule has 0 amide bonds. The van der Waals surface area contributed by atoms with E-state index in [0.717, 1.165) is 19.3 Å². The first-order valence-corrected chi connectivity index (χ1v) is 10.4. The fraction of sp³-hybridized carbons (Fsp3) is 0.933. The highest BCUT2D eigenvalue weighted by molar-refractivity contribution is 7.90. The first kappa shape index (κ1) is 21.2. The molecule has 0 bridgehead atoms. The van der Waals surface area contributed by atoms with Crippen LogP contribution in [0.5, 0.6) is 0 Å². The van der Waals surface area contributed by atoms with Crippen LogP contribution >= 0.6 is 0 Å². The van der Waals surface area contributed by atoms with Gasteiger partial charge in [0.2, 0.25) is 0 Å². The third kappa shape index (κ3) is 5.23. The second kappa shape index (κ2) is 8.75. The normalized spacial score (nSPS) is 26.9. The fourth-order valence-corrected chi connectivity index (χ4v) is 4.32. The summed E-state index contributed by atoms with van der Waals surface area (Å²) in [6.07, 6.45) is 2.90. The second-order valence-corrected chi connectivity index (χ2v) is 8.68. The van der Waals surface area contributed by atoms with Crippen molar-refractivity contribution in [2.24, 2.45) is 10.9 Å². The van der Waals surface area contributed by atoms with Crippen molar-refractivity contribution in [3.63, 3.8) is 0 Å². The Morgan fingerprint density at radius 1 is 1.23 bits per heavy atom. The Labute approximate surface area is 152 Å². The van der Waals surface area contributed by atoms with Gasteiger partial charge in [-0.25, -0.2) is 8.42 Å². The maximum absolute atomic E-state index is 12.6. The first-order chi connectivity index (χ1) is 12.1. The molecule has 26 heavy (non-hydrogen) atoms. The number of guanidine groups is 1. The van der Waals surface area contributed by atoms with Gasteiger partial charge in [-0.15, -0.1) is 0 Å². The number of nitrogens with zero attached hydrogens (tertiary/aromatic N) is 2. The lowest BCUT2D eigenvalue weighted by Crippen LogP contribution is -2.51. The molecule has 3 N–H and O–H groups in total. The van der Waals surface area contributed by atoms with E-state index < -0.39 is 15.5 Å². The van der Waals surface area contributed by atoms with Gasteiger partial charge in [-0.1, -0.05) is 6.42 Å². The van der Waals surface area contributed by atoms with Gasteiger partial charge < -0.3 is 15.7 Å². The summed E-state index contributed by atoms with van der Waals surface area (Å²) in [6.45, 7) is 2.65. The maximum Gasteiger partial charge on any atom is 0.511 e. The molecule has 2 aliphatic rings. The number of rotatable bonds is 5. The highest BCUT2D eigenvalue weighted by atomic mass is 32.2. The zero-order valence-corrected chi connectivity index (χ0v) is 15.6. The summed E-state index contributed by atoms with van der Waals surface area (Å²) >= 11 is 0. The van der Waals surface area contributed by atoms with E-state index in [9.17, 15) is 26.7 Å². The zero-order valence-electron chi connectivity index (χ0n) is 14.8. The standard InChI is InChI=1S/C15H27F3N4O3S/c1-2-19-14(20-10-11-4-3-5-13(11)23)21-12-6-8-22(9-7-12)26(24,25)15(16,17)18/h11-13,23H,2-10H2,1H3,(H2,19,20,21). The van der Waals surface area contributed by atoms with E-state index >= 15 is 0 Å². The molecule has 1 saturated heterocycles. The van der Waals surface area contributed by atoms with E-state index in [-0.39, 0.29) is 44.0 Å². The van der Waals surface area contributed by atoms with Gasteiger partial charge in [0.15, 0.2) is 5.96 Å². The molecular formula is C15H27F3N4O3S. The summed E-state index contributed by atoms with van der Waals surface area (Å²) in [4.78, 5) is 4.47. The average Bonchev–Trinajstić information content (AvgIpc) is 2.97. The fourth-order valence-electron chi connectivity index (χ4n) is 3.34. The lowest BCUT2D eigenvalue weighted by molar-refractivity contribution is -0.0494. The summed E-state index contributed by atoms with van der Waals surface area (Å²) in [7, 11) is -5.26. The molecule has 2 rings (SSSR count). The molecular weight excluding hydrogens is 373 g/mol. The van der Waals surface area contributed by atoms with Gasteiger partial charge in [-0.05, 0) is 32.6 Å². The van der Waals surface area contributed by atoms with Crippen LogP contribution < -0.4 is 10.6 Å². The summed E-state index contributed by atoms with van der Waals surface area (Å²) in [5.41, 5.74) is -5.26. The molecule has 0 spiro atoms. The van der Waals surface area contributed by atoms with Crippen molar-refractivity contribution in [1.82, 2.24) is 14.9 Å². The van der Waals surface area contributed by atoms with Crippen molar-refractivity contribution in [2.75, 3.05) is 26.2 Å². The van der Waals surface area contributed by atoms with Gasteiger partial charge in [0.1, 0.15) is 0 Å². The van der Waals surface area contributed by atoms with Crippen molar-refractivity contribution >= 4 is 16.0 Å². The van der Waals surface area contributed by atoms with Crippen molar-refractivity contribution in [3.8, 4) is 0 Å². The number of sulfonamides is 1. The van der Waals surface area contributed by atoms with Crippen molar-refractivity contribution in [1.29, 1.82) is 0 Å². The number of halogens is 3. The summed E-state index contributed by atoms with van der Waals surface area (Å²) in [5.74, 6) is 0.674. The number of hydrogen-bond acceptors (Lipinski definition) is 4. The third-order valence-corrected chi connectivity index (χ3v) is 6.50. The topological polar surface area (TPSA) is 94.0 Å². The van der Waals surface area contributed by atoms with E-state index in [1.165, 1.54) is 0 Å². The highest BCUT2D eigenvalue weighted by Gasteiger charge is 2.50. The number of aliphatic hydroxyl groups is 1. The smallest absolute Gasteiger partial charge is 0.393 e. The summed E-state index contributed by atoms with van der Waals surface area (Å²) < 4.78 is 61.2. The second-order valence-electron chi connectivity index (χ2n) is 6.75. The van der Waals surface area contributed by atoms with E-state index in [1.807, 2.05) is 6.92 Å². The first-order valence-electron chi connectivity index (χ1n) is 8.94. The van der Waals surface area contributed by atoms with Crippen LogP contribution in [-0.4, -0.2) is 67.6 Å². The molecule has 0 aromatic carbocycles. The van der Waals surface area contributed by atoms with Crippen LogP contribution in [0.15, 0.2) is 4.99 Å². The molecule has 11 heteroatoms. The van der Waals surface area contributed by atoms with Gasteiger partial charge in [0.25, 0.3) is 0 Å². The Morgan fingerprint density at radius 3 is 2.38 bits per heavy atom. The SMILES string of the molecule is CCNC(=NCC1CCCC1O)NC1CCN(S(=O)(=O)C(F)(F)F)CC1. The van der Waals surface area contributed by atoms with Crippen molar-refractivity contribution in [2.45, 2.75) is 56.7 Å². The molecule has 152 valence electrons. The maximum atomic E-state index is 12.6. The van der Waals surface area contributed by atoms with Crippen LogP contribution in [0.2, 0.25) is 0 Å². The Hall–Kier alpha value is -1.07. The number of alkyl halides is 3. The van der Waals surface area contributed by atoms with Crippen LogP contribution in [0, 0.1) is 5.92 Å². The molecule has 0 radical (unpaired) electrons. The predicted octanol–water partition coefficient (Wildman–Crippen LogP) is 1.02. The number of aliphatic hydroxyl groups excluding tert-OH is 1. The van der Waals surface area contributed by atoms with Gasteiger partial charge in [-0.3, -0.25) is 4.99 Å². The lowest BCUT2D eigenvalue weighted by atomic mass is 10.1. The molecule has 1 heterocycles. The molecule has 2 fully saturated rings. The molecule has 1 aliphatic heterocycles. The van der Waals surface area contributed by atoms with Gasteiger partial charge in [0, 0.05) is 38.1 Å². The zero-order chi connectivity index (χ0) is 19.4. The summed E-state index contributed by atoms with van der Waals surface area (Å²) in [6, 6.07) is -0.152. The van der Waals surface area contributed by atoms with Crippen LogP contribution in [0.1, 0.15) is 39.0 Å². The Morgan fingerprint density at radius 2 is 1.88 bits per heavy atom. The van der Waals surface area contributed by atoms with Crippen molar-refractivity contribution in [3.05, 3.63) is 0 Å². The van der Waals surface area contributed by atoms with E-state index in [4.69, 9.17) is 0 Å². The van der Waals surface area contributed by atoms with E-state index in [2.05, 4.69) is 15.6 Å². The van der Waals surface area contributed by atoms with Gasteiger partial charge in [-0.2, -0.15) is 17.5 Å². The lowest BCUT2D eigenvalue weighted by Gasteiger charge is -2.32. The average molecular weight is 400 g/mol. The number of hydrogen-bond donors (Lipinski definition) is 3. The van der Waals surface area contributed by atoms with Crippen molar-refractivity contribution < 1.29 is 26.7 Å². The van der Waals surface area contributed by atoms with E-state index in [1.54, 1.807) is 0 Å². The highest BCUT2D eigenvalue weighted by Crippen LogP contribution is 2.29. The molecule has 0 aromatic rings. The monoisotopic (exact) mass is 400 g/mol. The quantitative estimate of drug-likeness (QED) is 0.473. The minimum atomic E-state index is -5.26. The number of piperidine rings is 1. The molecule has 1 aliphatic carbocycles. The van der Waals surface area contributed by atoms with Crippen LogP contribution in [0.4, 0.5) is 13.2 Å². The molecule has 2 unspecified atom stereocenters. The molecule has 7 nitrogen and oxygen atoms in total. The van der Waals surface area contributed by atoms with Gasteiger partial charge in [0.05, 0.1) is 6.10 Å². The Bertz CT molecular complexity index is 589. The van der Waals surface area contributed by atoms with Crippen LogP contribution in [-0.2, 0) is 10.0 Å². The minimum Gasteiger partial charge on any atom is -0.393 e. The third-order valence-electron chi connectivity index (χ3n) is 4.87. The Kier molecular flexibility index (Phi) is 7.14. The molecule has 2 atom stereocenters. The molecule has 0 aromatic heterocycles. The largest absolute Gasteiger partial charge is 0.511 e. The van der Waals surface area contributed by atoms with Crippen LogP contribution in [0.3, 0.4) is 0 Å².